The van der Waals surface area contributed by atoms with Crippen molar-refractivity contribution in [3.63, 3.8) is 0 Å². The quantitative estimate of drug-likeness (QED) is 0.835. The SMILES string of the molecule is COc1ccc(CN2CCOC(C)(C)C2)cc1C#N. The van der Waals surface area contributed by atoms with Gasteiger partial charge in [-0.25, -0.2) is 0 Å². The molecule has 4 nitrogen and oxygen atoms in total. The lowest BCUT2D eigenvalue weighted by Gasteiger charge is -2.38. The Balaban J connectivity index is 2.09. The number of ether oxygens (including phenoxy) is 2. The van der Waals surface area contributed by atoms with Crippen LogP contribution in [-0.2, 0) is 11.3 Å². The molecular formula is C15H20N2O2. The van der Waals surface area contributed by atoms with Gasteiger partial charge in [0.05, 0.1) is 24.9 Å². The minimum atomic E-state index is -0.0945. The van der Waals surface area contributed by atoms with Crippen LogP contribution >= 0.6 is 0 Å². The van der Waals surface area contributed by atoms with Crippen LogP contribution in [0, 0.1) is 11.3 Å². The van der Waals surface area contributed by atoms with Crippen LogP contribution in [0.2, 0.25) is 0 Å². The smallest absolute Gasteiger partial charge is 0.136 e. The summed E-state index contributed by atoms with van der Waals surface area (Å²) in [5, 5.41) is 9.10. The Morgan fingerprint density at radius 1 is 1.47 bits per heavy atom. The van der Waals surface area contributed by atoms with E-state index in [0.29, 0.717) is 11.3 Å². The zero-order chi connectivity index (χ0) is 13.9. The fourth-order valence-corrected chi connectivity index (χ4v) is 2.45. The van der Waals surface area contributed by atoms with E-state index < -0.39 is 0 Å². The fourth-order valence-electron chi connectivity index (χ4n) is 2.45. The molecule has 0 bridgehead atoms. The monoisotopic (exact) mass is 260 g/mol. The number of nitrogens with zero attached hydrogens (tertiary/aromatic N) is 2. The standard InChI is InChI=1S/C15H20N2O2/c1-15(2)11-17(6-7-19-15)10-12-4-5-14(18-3)13(8-12)9-16/h4-5,8H,6-7,10-11H2,1-3H3. The summed E-state index contributed by atoms with van der Waals surface area (Å²) < 4.78 is 10.9. The van der Waals surface area contributed by atoms with Crippen LogP contribution in [0.3, 0.4) is 0 Å². The molecule has 0 amide bonds. The molecule has 0 spiro atoms. The van der Waals surface area contributed by atoms with Crippen molar-refractivity contribution in [2.45, 2.75) is 26.0 Å². The van der Waals surface area contributed by atoms with Gasteiger partial charge in [-0.1, -0.05) is 6.07 Å². The molecule has 1 heterocycles. The topological polar surface area (TPSA) is 45.5 Å². The molecule has 2 rings (SSSR count). The third-order valence-electron chi connectivity index (χ3n) is 3.30. The van der Waals surface area contributed by atoms with Gasteiger partial charge in [0.25, 0.3) is 0 Å². The molecule has 0 aliphatic carbocycles. The van der Waals surface area contributed by atoms with Gasteiger partial charge in [0, 0.05) is 19.6 Å². The molecule has 0 N–H and O–H groups in total. The molecule has 0 saturated carbocycles. The predicted octanol–water partition coefficient (Wildman–Crippen LogP) is 2.18. The summed E-state index contributed by atoms with van der Waals surface area (Å²) in [4.78, 5) is 2.35. The van der Waals surface area contributed by atoms with Gasteiger partial charge in [-0.15, -0.1) is 0 Å². The number of hydrogen-bond acceptors (Lipinski definition) is 4. The van der Waals surface area contributed by atoms with Crippen LogP contribution in [0.15, 0.2) is 18.2 Å². The van der Waals surface area contributed by atoms with Gasteiger partial charge in [-0.2, -0.15) is 5.26 Å². The Morgan fingerprint density at radius 3 is 2.89 bits per heavy atom. The Labute approximate surface area is 114 Å². The first kappa shape index (κ1) is 13.9. The highest BCUT2D eigenvalue weighted by Gasteiger charge is 2.27. The number of nitriles is 1. The first-order valence-corrected chi connectivity index (χ1v) is 6.47. The van der Waals surface area contributed by atoms with Crippen LogP contribution in [-0.4, -0.2) is 37.3 Å². The summed E-state index contributed by atoms with van der Waals surface area (Å²) in [6, 6.07) is 7.95. The zero-order valence-electron chi connectivity index (χ0n) is 11.8. The molecule has 1 aliphatic rings. The van der Waals surface area contributed by atoms with Crippen LogP contribution < -0.4 is 4.74 Å². The maximum atomic E-state index is 9.10. The minimum Gasteiger partial charge on any atom is -0.495 e. The van der Waals surface area contributed by atoms with E-state index in [9.17, 15) is 0 Å². The second-order valence-electron chi connectivity index (χ2n) is 5.47. The molecule has 1 saturated heterocycles. The molecule has 1 aromatic rings. The number of hydrogen-bond donors (Lipinski definition) is 0. The van der Waals surface area contributed by atoms with Crippen LogP contribution in [0.25, 0.3) is 0 Å². The average Bonchev–Trinajstić information content (AvgIpc) is 2.37. The highest BCUT2D eigenvalue weighted by molar-refractivity contribution is 5.45. The lowest BCUT2D eigenvalue weighted by atomic mass is 10.1. The first-order valence-electron chi connectivity index (χ1n) is 6.47. The number of rotatable bonds is 3. The summed E-state index contributed by atoms with van der Waals surface area (Å²) >= 11 is 0. The lowest BCUT2D eigenvalue weighted by Crippen LogP contribution is -2.47. The molecule has 0 unspecified atom stereocenters. The van der Waals surface area contributed by atoms with Crippen LogP contribution in [0.4, 0.5) is 0 Å². The molecule has 1 aromatic carbocycles. The van der Waals surface area contributed by atoms with E-state index in [1.54, 1.807) is 7.11 Å². The molecule has 19 heavy (non-hydrogen) atoms. The van der Waals surface area contributed by atoms with Gasteiger partial charge < -0.3 is 9.47 Å². The normalized spacial score (nSPS) is 18.8. The molecule has 0 radical (unpaired) electrons. The molecule has 0 atom stereocenters. The molecule has 102 valence electrons. The Kier molecular flexibility index (Phi) is 4.08. The second-order valence-corrected chi connectivity index (χ2v) is 5.47. The number of morpholine rings is 1. The maximum absolute atomic E-state index is 9.10. The van der Waals surface area contributed by atoms with Crippen molar-refractivity contribution >= 4 is 0 Å². The van der Waals surface area contributed by atoms with Gasteiger partial charge >= 0.3 is 0 Å². The molecule has 1 aliphatic heterocycles. The number of methoxy groups -OCH3 is 1. The van der Waals surface area contributed by atoms with Crippen molar-refractivity contribution in [2.75, 3.05) is 26.8 Å². The van der Waals surface area contributed by atoms with Crippen LogP contribution in [0.5, 0.6) is 5.75 Å². The van der Waals surface area contributed by atoms with E-state index in [1.807, 2.05) is 18.2 Å². The highest BCUT2D eigenvalue weighted by atomic mass is 16.5. The van der Waals surface area contributed by atoms with E-state index in [-0.39, 0.29) is 5.60 Å². The lowest BCUT2D eigenvalue weighted by molar-refractivity contribution is -0.0882. The summed E-state index contributed by atoms with van der Waals surface area (Å²) in [5.41, 5.74) is 1.63. The fraction of sp³-hybridized carbons (Fsp3) is 0.533. The van der Waals surface area contributed by atoms with Gasteiger partial charge in [-0.3, -0.25) is 4.90 Å². The summed E-state index contributed by atoms with van der Waals surface area (Å²) in [6.07, 6.45) is 0. The minimum absolute atomic E-state index is 0.0945. The van der Waals surface area contributed by atoms with E-state index in [1.165, 1.54) is 0 Å². The van der Waals surface area contributed by atoms with Gasteiger partial charge in [0.15, 0.2) is 0 Å². The first-order chi connectivity index (χ1) is 9.04. The number of benzene rings is 1. The molecule has 0 aromatic heterocycles. The maximum Gasteiger partial charge on any atom is 0.136 e. The average molecular weight is 260 g/mol. The van der Waals surface area contributed by atoms with Gasteiger partial charge in [0.1, 0.15) is 11.8 Å². The van der Waals surface area contributed by atoms with Crippen LogP contribution in [0.1, 0.15) is 25.0 Å². The molecular weight excluding hydrogens is 240 g/mol. The van der Waals surface area contributed by atoms with E-state index >= 15 is 0 Å². The van der Waals surface area contributed by atoms with Crippen molar-refractivity contribution in [2.24, 2.45) is 0 Å². The summed E-state index contributed by atoms with van der Waals surface area (Å²) in [5.74, 6) is 0.633. The van der Waals surface area contributed by atoms with Crippen molar-refractivity contribution in [3.8, 4) is 11.8 Å². The third kappa shape index (κ3) is 3.46. The van der Waals surface area contributed by atoms with Gasteiger partial charge in [0.2, 0.25) is 0 Å². The Bertz CT molecular complexity index is 491. The third-order valence-corrected chi connectivity index (χ3v) is 3.30. The Morgan fingerprint density at radius 2 is 2.26 bits per heavy atom. The van der Waals surface area contributed by atoms with Crippen molar-refractivity contribution in [1.29, 1.82) is 5.26 Å². The molecule has 4 heteroatoms. The van der Waals surface area contributed by atoms with Crippen molar-refractivity contribution < 1.29 is 9.47 Å². The largest absolute Gasteiger partial charge is 0.495 e. The van der Waals surface area contributed by atoms with Crippen molar-refractivity contribution in [3.05, 3.63) is 29.3 Å². The zero-order valence-corrected chi connectivity index (χ0v) is 11.8. The Hall–Kier alpha value is -1.57. The second kappa shape index (κ2) is 5.60. The van der Waals surface area contributed by atoms with E-state index in [2.05, 4.69) is 24.8 Å². The molecule has 1 fully saturated rings. The summed E-state index contributed by atoms with van der Waals surface area (Å²) in [6.45, 7) is 7.64. The van der Waals surface area contributed by atoms with Gasteiger partial charge in [-0.05, 0) is 31.5 Å². The van der Waals surface area contributed by atoms with E-state index in [0.717, 1.165) is 31.8 Å². The van der Waals surface area contributed by atoms with E-state index in [4.69, 9.17) is 14.7 Å². The van der Waals surface area contributed by atoms with Crippen molar-refractivity contribution in [1.82, 2.24) is 4.90 Å². The summed E-state index contributed by atoms with van der Waals surface area (Å²) in [7, 11) is 1.58. The highest BCUT2D eigenvalue weighted by Crippen LogP contribution is 2.22. The predicted molar refractivity (Wildman–Crippen MR) is 73.0 cm³/mol.